The average Bonchev–Trinajstić information content (AvgIpc) is 2.47. The minimum Gasteiger partial charge on any atom is -0.480 e. The molecular weight excluding hydrogens is 285 g/mol. The monoisotopic (exact) mass is 301 g/mol. The smallest absolute Gasteiger partial charge is 0.326 e. The van der Waals surface area contributed by atoms with Gasteiger partial charge in [-0.3, -0.25) is 4.79 Å². The Labute approximate surface area is 127 Å². The number of aliphatic carboxylic acids is 1. The number of amides is 1. The fourth-order valence-corrected chi connectivity index (χ4v) is 2.13. The number of hydrogen-bond donors (Lipinski definition) is 2. The van der Waals surface area contributed by atoms with Gasteiger partial charge in [-0.1, -0.05) is 42.5 Å². The van der Waals surface area contributed by atoms with Crippen LogP contribution in [0, 0.1) is 5.82 Å². The van der Waals surface area contributed by atoms with Crippen molar-refractivity contribution in [2.75, 3.05) is 0 Å². The summed E-state index contributed by atoms with van der Waals surface area (Å²) in [6, 6.07) is 13.6. The quantitative estimate of drug-likeness (QED) is 0.859. The van der Waals surface area contributed by atoms with Crippen molar-refractivity contribution in [3.63, 3.8) is 0 Å². The number of hydrogen-bond acceptors (Lipinski definition) is 2. The first-order valence-corrected chi connectivity index (χ1v) is 6.85. The molecule has 0 aliphatic carbocycles. The molecule has 4 nitrogen and oxygen atoms in total. The average molecular weight is 301 g/mol. The van der Waals surface area contributed by atoms with Crippen molar-refractivity contribution in [1.29, 1.82) is 0 Å². The first-order chi connectivity index (χ1) is 10.5. The lowest BCUT2D eigenvalue weighted by Gasteiger charge is -2.14. The molecule has 1 amide bonds. The van der Waals surface area contributed by atoms with Gasteiger partial charge in [-0.05, 0) is 23.3 Å². The van der Waals surface area contributed by atoms with Gasteiger partial charge >= 0.3 is 5.97 Å². The van der Waals surface area contributed by atoms with Crippen LogP contribution in [0.15, 0.2) is 54.6 Å². The topological polar surface area (TPSA) is 66.4 Å². The Hall–Kier alpha value is -2.69. The predicted octanol–water partition coefficient (Wildman–Crippen LogP) is 2.18. The third-order valence-corrected chi connectivity index (χ3v) is 3.17. The van der Waals surface area contributed by atoms with E-state index in [4.69, 9.17) is 0 Å². The van der Waals surface area contributed by atoms with E-state index in [1.165, 1.54) is 18.2 Å². The zero-order chi connectivity index (χ0) is 15.9. The minimum atomic E-state index is -1.15. The molecule has 2 rings (SSSR count). The maximum absolute atomic E-state index is 13.1. The zero-order valence-corrected chi connectivity index (χ0v) is 11.8. The van der Waals surface area contributed by atoms with Gasteiger partial charge in [-0.25, -0.2) is 9.18 Å². The number of halogens is 1. The Morgan fingerprint density at radius 1 is 1.05 bits per heavy atom. The molecule has 1 unspecified atom stereocenters. The van der Waals surface area contributed by atoms with Gasteiger partial charge in [0.1, 0.15) is 11.9 Å². The molecule has 0 bridgehead atoms. The molecule has 2 aromatic carbocycles. The van der Waals surface area contributed by atoms with Gasteiger partial charge in [0.05, 0.1) is 6.42 Å². The van der Waals surface area contributed by atoms with Crippen LogP contribution in [0.1, 0.15) is 11.1 Å². The number of carbonyl (C=O) groups is 2. The van der Waals surface area contributed by atoms with Crippen molar-refractivity contribution in [2.24, 2.45) is 0 Å². The molecule has 0 aliphatic rings. The van der Waals surface area contributed by atoms with Crippen molar-refractivity contribution in [3.8, 4) is 0 Å². The van der Waals surface area contributed by atoms with Gasteiger partial charge in [-0.15, -0.1) is 0 Å². The van der Waals surface area contributed by atoms with Crippen LogP contribution in [0.2, 0.25) is 0 Å². The van der Waals surface area contributed by atoms with Crippen LogP contribution in [0.5, 0.6) is 0 Å². The number of nitrogens with one attached hydrogen (secondary N) is 1. The van der Waals surface area contributed by atoms with Crippen molar-refractivity contribution in [1.82, 2.24) is 5.32 Å². The zero-order valence-electron chi connectivity index (χ0n) is 11.8. The Kier molecular flexibility index (Phi) is 5.25. The SMILES string of the molecule is O=C(Cc1ccccc1)NC(Cc1cccc(F)c1)C(=O)O. The van der Waals surface area contributed by atoms with E-state index in [0.717, 1.165) is 5.56 Å². The molecule has 0 radical (unpaired) electrons. The van der Waals surface area contributed by atoms with E-state index in [2.05, 4.69) is 5.32 Å². The fourth-order valence-electron chi connectivity index (χ4n) is 2.13. The van der Waals surface area contributed by atoms with Crippen LogP contribution in [0.4, 0.5) is 4.39 Å². The number of carboxylic acid groups (broad SMARTS) is 1. The number of carbonyl (C=O) groups excluding carboxylic acids is 1. The second-order valence-electron chi connectivity index (χ2n) is 4.95. The van der Waals surface area contributed by atoms with E-state index in [9.17, 15) is 19.1 Å². The summed E-state index contributed by atoms with van der Waals surface area (Å²) >= 11 is 0. The van der Waals surface area contributed by atoms with Crippen molar-refractivity contribution in [3.05, 3.63) is 71.5 Å². The Morgan fingerprint density at radius 2 is 1.73 bits per heavy atom. The summed E-state index contributed by atoms with van der Waals surface area (Å²) in [6.45, 7) is 0. The van der Waals surface area contributed by atoms with Crippen molar-refractivity contribution >= 4 is 11.9 Å². The first kappa shape index (κ1) is 15.7. The third kappa shape index (κ3) is 4.70. The Morgan fingerprint density at radius 3 is 2.36 bits per heavy atom. The molecule has 5 heteroatoms. The van der Waals surface area contributed by atoms with E-state index in [-0.39, 0.29) is 18.7 Å². The summed E-state index contributed by atoms with van der Waals surface area (Å²) in [6.07, 6.45) is 0.140. The van der Waals surface area contributed by atoms with Crippen LogP contribution < -0.4 is 5.32 Å². The van der Waals surface area contributed by atoms with Gasteiger partial charge in [0.2, 0.25) is 5.91 Å². The number of benzene rings is 2. The van der Waals surface area contributed by atoms with Crippen molar-refractivity contribution < 1.29 is 19.1 Å². The molecule has 22 heavy (non-hydrogen) atoms. The van der Waals surface area contributed by atoms with E-state index < -0.39 is 17.8 Å². The summed E-state index contributed by atoms with van der Waals surface area (Å²) < 4.78 is 13.1. The molecule has 0 saturated heterocycles. The van der Waals surface area contributed by atoms with Crippen LogP contribution in [-0.4, -0.2) is 23.0 Å². The summed E-state index contributed by atoms with van der Waals surface area (Å²) in [7, 11) is 0. The summed E-state index contributed by atoms with van der Waals surface area (Å²) in [5.41, 5.74) is 1.32. The van der Waals surface area contributed by atoms with Gasteiger partial charge in [0.15, 0.2) is 0 Å². The molecule has 0 heterocycles. The number of rotatable bonds is 6. The molecule has 2 N–H and O–H groups in total. The molecule has 0 aliphatic heterocycles. The van der Waals surface area contributed by atoms with E-state index in [1.54, 1.807) is 18.2 Å². The Bertz CT molecular complexity index is 658. The molecule has 0 fully saturated rings. The van der Waals surface area contributed by atoms with E-state index in [0.29, 0.717) is 5.56 Å². The summed E-state index contributed by atoms with van der Waals surface area (Å²) in [5, 5.41) is 11.7. The fraction of sp³-hybridized carbons (Fsp3) is 0.176. The van der Waals surface area contributed by atoms with E-state index in [1.807, 2.05) is 18.2 Å². The van der Waals surface area contributed by atoms with Crippen molar-refractivity contribution in [2.45, 2.75) is 18.9 Å². The maximum atomic E-state index is 13.1. The molecule has 0 saturated carbocycles. The van der Waals surface area contributed by atoms with E-state index >= 15 is 0 Å². The van der Waals surface area contributed by atoms with Crippen LogP contribution in [0.25, 0.3) is 0 Å². The largest absolute Gasteiger partial charge is 0.480 e. The molecular formula is C17H16FNO3. The minimum absolute atomic E-state index is 0.0353. The highest BCUT2D eigenvalue weighted by Gasteiger charge is 2.20. The Balaban J connectivity index is 1.99. The summed E-state index contributed by atoms with van der Waals surface area (Å²) in [5.74, 6) is -1.96. The van der Waals surface area contributed by atoms with Gasteiger partial charge in [0.25, 0.3) is 0 Å². The lowest BCUT2D eigenvalue weighted by Crippen LogP contribution is -2.43. The second-order valence-corrected chi connectivity index (χ2v) is 4.95. The van der Waals surface area contributed by atoms with Crippen LogP contribution in [0.3, 0.4) is 0 Å². The third-order valence-electron chi connectivity index (χ3n) is 3.17. The highest BCUT2D eigenvalue weighted by molar-refractivity contribution is 5.85. The molecule has 114 valence electrons. The standard InChI is InChI=1S/C17H16FNO3/c18-14-8-4-7-13(9-14)10-15(17(21)22)19-16(20)11-12-5-2-1-3-6-12/h1-9,15H,10-11H2,(H,19,20)(H,21,22). The van der Waals surface area contributed by atoms with Crippen LogP contribution in [-0.2, 0) is 22.4 Å². The molecule has 0 spiro atoms. The van der Waals surface area contributed by atoms with Gasteiger partial charge in [-0.2, -0.15) is 0 Å². The first-order valence-electron chi connectivity index (χ1n) is 6.85. The molecule has 1 atom stereocenters. The lowest BCUT2D eigenvalue weighted by atomic mass is 10.1. The second kappa shape index (κ2) is 7.36. The van der Waals surface area contributed by atoms with Gasteiger partial charge in [0, 0.05) is 6.42 Å². The highest BCUT2D eigenvalue weighted by atomic mass is 19.1. The molecule has 2 aromatic rings. The lowest BCUT2D eigenvalue weighted by molar-refractivity contribution is -0.141. The normalized spacial score (nSPS) is 11.7. The van der Waals surface area contributed by atoms with Gasteiger partial charge < -0.3 is 10.4 Å². The number of carboxylic acids is 1. The predicted molar refractivity (Wildman–Crippen MR) is 79.8 cm³/mol. The highest BCUT2D eigenvalue weighted by Crippen LogP contribution is 2.07. The van der Waals surface area contributed by atoms with Crippen LogP contribution >= 0.6 is 0 Å². The summed E-state index contributed by atoms with van der Waals surface area (Å²) in [4.78, 5) is 23.2. The molecule has 0 aromatic heterocycles. The maximum Gasteiger partial charge on any atom is 0.326 e.